The number of hydrogen-bond acceptors (Lipinski definition) is 1. The van der Waals surface area contributed by atoms with Gasteiger partial charge in [-0.3, -0.25) is 0 Å². The SMILES string of the molecule is Cc1ccc(C(O)c2cccc(CC(C)C)c2)cc1Cl. The van der Waals surface area contributed by atoms with Crippen LogP contribution in [-0.4, -0.2) is 5.11 Å². The van der Waals surface area contributed by atoms with Gasteiger partial charge in [0.15, 0.2) is 0 Å². The van der Waals surface area contributed by atoms with E-state index in [2.05, 4.69) is 26.0 Å². The topological polar surface area (TPSA) is 20.2 Å². The molecule has 2 heteroatoms. The van der Waals surface area contributed by atoms with Crippen molar-refractivity contribution in [3.63, 3.8) is 0 Å². The number of aryl methyl sites for hydroxylation is 1. The normalized spacial score (nSPS) is 12.7. The maximum atomic E-state index is 10.5. The molecule has 20 heavy (non-hydrogen) atoms. The van der Waals surface area contributed by atoms with Gasteiger partial charge in [-0.15, -0.1) is 0 Å². The van der Waals surface area contributed by atoms with Gasteiger partial charge in [0, 0.05) is 5.02 Å². The summed E-state index contributed by atoms with van der Waals surface area (Å²) in [5.41, 5.74) is 4.04. The minimum Gasteiger partial charge on any atom is -0.384 e. The lowest BCUT2D eigenvalue weighted by molar-refractivity contribution is 0.220. The quantitative estimate of drug-likeness (QED) is 0.846. The molecular weight excluding hydrogens is 268 g/mol. The Morgan fingerprint density at radius 3 is 2.40 bits per heavy atom. The van der Waals surface area contributed by atoms with Crippen LogP contribution in [0.3, 0.4) is 0 Å². The first-order valence-electron chi connectivity index (χ1n) is 7.00. The zero-order valence-corrected chi connectivity index (χ0v) is 13.0. The summed E-state index contributed by atoms with van der Waals surface area (Å²) in [6.45, 7) is 6.35. The summed E-state index contributed by atoms with van der Waals surface area (Å²) in [7, 11) is 0. The predicted octanol–water partition coefficient (Wildman–Crippen LogP) is 4.93. The van der Waals surface area contributed by atoms with Crippen LogP contribution in [0.25, 0.3) is 0 Å². The lowest BCUT2D eigenvalue weighted by atomic mass is 9.96. The Balaban J connectivity index is 2.28. The highest BCUT2D eigenvalue weighted by Gasteiger charge is 2.12. The molecular formula is C18H21ClO. The van der Waals surface area contributed by atoms with Crippen molar-refractivity contribution < 1.29 is 5.11 Å². The van der Waals surface area contributed by atoms with Gasteiger partial charge in [0.25, 0.3) is 0 Å². The fraction of sp³-hybridized carbons (Fsp3) is 0.333. The highest BCUT2D eigenvalue weighted by atomic mass is 35.5. The lowest BCUT2D eigenvalue weighted by Crippen LogP contribution is -2.02. The van der Waals surface area contributed by atoms with E-state index in [9.17, 15) is 5.11 Å². The summed E-state index contributed by atoms with van der Waals surface area (Å²) < 4.78 is 0. The Morgan fingerprint density at radius 2 is 1.75 bits per heavy atom. The van der Waals surface area contributed by atoms with Crippen LogP contribution in [0, 0.1) is 12.8 Å². The predicted molar refractivity (Wildman–Crippen MR) is 85.2 cm³/mol. The third-order valence-corrected chi connectivity index (χ3v) is 3.83. The molecule has 0 aliphatic carbocycles. The van der Waals surface area contributed by atoms with Crippen molar-refractivity contribution in [2.75, 3.05) is 0 Å². The first-order valence-corrected chi connectivity index (χ1v) is 7.38. The van der Waals surface area contributed by atoms with Gasteiger partial charge in [-0.05, 0) is 47.6 Å². The molecule has 2 aromatic carbocycles. The molecule has 1 N–H and O–H groups in total. The largest absolute Gasteiger partial charge is 0.384 e. The second-order valence-electron chi connectivity index (χ2n) is 5.75. The summed E-state index contributed by atoms with van der Waals surface area (Å²) in [6.07, 6.45) is 0.398. The van der Waals surface area contributed by atoms with Crippen LogP contribution in [0.2, 0.25) is 5.02 Å². The number of benzene rings is 2. The summed E-state index contributed by atoms with van der Waals surface area (Å²) in [5.74, 6) is 0.608. The van der Waals surface area contributed by atoms with Gasteiger partial charge in [-0.25, -0.2) is 0 Å². The molecule has 0 spiro atoms. The lowest BCUT2D eigenvalue weighted by Gasteiger charge is -2.14. The van der Waals surface area contributed by atoms with Crippen LogP contribution < -0.4 is 0 Å². The van der Waals surface area contributed by atoms with Crippen molar-refractivity contribution in [3.8, 4) is 0 Å². The molecule has 0 saturated carbocycles. The first-order chi connectivity index (χ1) is 9.47. The maximum absolute atomic E-state index is 10.5. The van der Waals surface area contributed by atoms with Crippen molar-refractivity contribution in [2.24, 2.45) is 5.92 Å². The Hall–Kier alpha value is -1.31. The zero-order chi connectivity index (χ0) is 14.7. The molecule has 106 valence electrons. The van der Waals surface area contributed by atoms with Crippen molar-refractivity contribution in [1.82, 2.24) is 0 Å². The van der Waals surface area contributed by atoms with Crippen LogP contribution in [0.1, 0.15) is 42.2 Å². The van der Waals surface area contributed by atoms with Crippen LogP contribution >= 0.6 is 11.6 Å². The Kier molecular flexibility index (Phi) is 4.85. The molecule has 0 radical (unpaired) electrons. The van der Waals surface area contributed by atoms with E-state index < -0.39 is 6.10 Å². The summed E-state index contributed by atoms with van der Waals surface area (Å²) in [6, 6.07) is 13.9. The molecule has 1 atom stereocenters. The molecule has 0 aliphatic heterocycles. The second kappa shape index (κ2) is 6.43. The number of aliphatic hydroxyl groups excluding tert-OH is 1. The van der Waals surface area contributed by atoms with Crippen LogP contribution in [-0.2, 0) is 6.42 Å². The van der Waals surface area contributed by atoms with Gasteiger partial charge in [0.1, 0.15) is 6.10 Å². The van der Waals surface area contributed by atoms with Crippen molar-refractivity contribution >= 4 is 11.6 Å². The molecule has 2 rings (SSSR count). The van der Waals surface area contributed by atoms with Crippen molar-refractivity contribution in [2.45, 2.75) is 33.3 Å². The average molecular weight is 289 g/mol. The van der Waals surface area contributed by atoms with Gasteiger partial charge in [0.2, 0.25) is 0 Å². The Bertz CT molecular complexity index is 590. The van der Waals surface area contributed by atoms with Crippen molar-refractivity contribution in [3.05, 3.63) is 69.7 Å². The molecule has 0 aliphatic rings. The van der Waals surface area contributed by atoms with E-state index in [4.69, 9.17) is 11.6 Å². The molecule has 1 nitrogen and oxygen atoms in total. The number of aliphatic hydroxyl groups is 1. The third kappa shape index (κ3) is 3.62. The summed E-state index contributed by atoms with van der Waals surface area (Å²) in [4.78, 5) is 0. The first kappa shape index (κ1) is 15.1. The Labute approximate surface area is 126 Å². The maximum Gasteiger partial charge on any atom is 0.104 e. The van der Waals surface area contributed by atoms with Gasteiger partial charge in [-0.1, -0.05) is 61.8 Å². The highest BCUT2D eigenvalue weighted by Crippen LogP contribution is 2.27. The highest BCUT2D eigenvalue weighted by molar-refractivity contribution is 6.31. The van der Waals surface area contributed by atoms with E-state index in [0.717, 1.165) is 23.1 Å². The van der Waals surface area contributed by atoms with E-state index in [-0.39, 0.29) is 0 Å². The molecule has 0 bridgehead atoms. The Morgan fingerprint density at radius 1 is 1.05 bits per heavy atom. The number of hydrogen-bond donors (Lipinski definition) is 1. The van der Waals surface area contributed by atoms with Crippen LogP contribution in [0.4, 0.5) is 0 Å². The smallest absolute Gasteiger partial charge is 0.104 e. The van der Waals surface area contributed by atoms with Crippen LogP contribution in [0.15, 0.2) is 42.5 Å². The van der Waals surface area contributed by atoms with E-state index in [1.807, 2.05) is 37.3 Å². The summed E-state index contributed by atoms with van der Waals surface area (Å²) in [5, 5.41) is 11.2. The number of halogens is 1. The van der Waals surface area contributed by atoms with Gasteiger partial charge in [0.05, 0.1) is 0 Å². The van der Waals surface area contributed by atoms with E-state index in [1.54, 1.807) is 0 Å². The molecule has 0 aromatic heterocycles. The van der Waals surface area contributed by atoms with E-state index in [1.165, 1.54) is 5.56 Å². The average Bonchev–Trinajstić information content (AvgIpc) is 2.40. The minimum absolute atomic E-state index is 0.608. The van der Waals surface area contributed by atoms with Crippen molar-refractivity contribution in [1.29, 1.82) is 0 Å². The van der Waals surface area contributed by atoms with E-state index >= 15 is 0 Å². The van der Waals surface area contributed by atoms with Gasteiger partial charge in [-0.2, -0.15) is 0 Å². The molecule has 0 saturated heterocycles. The van der Waals surface area contributed by atoms with Gasteiger partial charge >= 0.3 is 0 Å². The number of rotatable bonds is 4. The molecule has 0 amide bonds. The second-order valence-corrected chi connectivity index (χ2v) is 6.16. The fourth-order valence-corrected chi connectivity index (χ4v) is 2.52. The van der Waals surface area contributed by atoms with E-state index in [0.29, 0.717) is 10.9 Å². The monoisotopic (exact) mass is 288 g/mol. The molecule has 1 unspecified atom stereocenters. The zero-order valence-electron chi connectivity index (χ0n) is 12.2. The molecule has 2 aromatic rings. The standard InChI is InChI=1S/C18H21ClO/c1-12(2)9-14-5-4-6-15(10-14)18(20)16-8-7-13(3)17(19)11-16/h4-8,10-12,18,20H,9H2,1-3H3. The molecule has 0 fully saturated rings. The minimum atomic E-state index is -0.625. The third-order valence-electron chi connectivity index (χ3n) is 3.42. The fourth-order valence-electron chi connectivity index (χ4n) is 2.33. The van der Waals surface area contributed by atoms with Gasteiger partial charge < -0.3 is 5.11 Å². The molecule has 0 heterocycles. The summed E-state index contributed by atoms with van der Waals surface area (Å²) >= 11 is 6.13. The van der Waals surface area contributed by atoms with Crippen LogP contribution in [0.5, 0.6) is 0 Å².